The molecule has 1 aliphatic rings. The molecule has 1 N–H and O–H groups in total. The lowest BCUT2D eigenvalue weighted by atomic mass is 9.96. The van der Waals surface area contributed by atoms with Crippen LogP contribution >= 0.6 is 0 Å². The van der Waals surface area contributed by atoms with Gasteiger partial charge in [-0.3, -0.25) is 9.59 Å². The first-order valence-electron chi connectivity index (χ1n) is 10.4. The third-order valence-corrected chi connectivity index (χ3v) is 7.14. The summed E-state index contributed by atoms with van der Waals surface area (Å²) in [6.45, 7) is 4.40. The topological polar surface area (TPSA) is 102 Å². The molecule has 1 fully saturated rings. The number of sulfonamides is 1. The highest BCUT2D eigenvalue weighted by molar-refractivity contribution is 7.89. The van der Waals surface area contributed by atoms with Gasteiger partial charge in [0.15, 0.2) is 0 Å². The minimum absolute atomic E-state index is 0.0166. The summed E-state index contributed by atoms with van der Waals surface area (Å²) in [6, 6.07) is 6.56. The van der Waals surface area contributed by atoms with Crippen molar-refractivity contribution in [2.45, 2.75) is 45.6 Å². The van der Waals surface area contributed by atoms with E-state index in [1.807, 2.05) is 13.0 Å². The maximum absolute atomic E-state index is 13.0. The monoisotopic (exact) mass is 440 g/mol. The molecule has 8 nitrogen and oxygen atoms in total. The van der Waals surface area contributed by atoms with E-state index >= 15 is 0 Å². The van der Waals surface area contributed by atoms with E-state index in [2.05, 4.69) is 5.32 Å². The molecule has 2 atom stereocenters. The quantitative estimate of drug-likeness (QED) is 0.560. The molecule has 0 saturated carbocycles. The number of hydrogen-bond donors (Lipinski definition) is 1. The molecule has 2 unspecified atom stereocenters. The molecule has 0 spiro atoms. The maximum atomic E-state index is 13.0. The number of ether oxygens (including phenoxy) is 2. The van der Waals surface area contributed by atoms with Crippen molar-refractivity contribution in [2.24, 2.45) is 5.92 Å². The van der Waals surface area contributed by atoms with Crippen LogP contribution in [0.3, 0.4) is 0 Å². The molecule has 0 aliphatic carbocycles. The van der Waals surface area contributed by atoms with Crippen molar-refractivity contribution in [2.75, 3.05) is 32.6 Å². The molecule has 9 heteroatoms. The molecule has 2 rings (SSSR count). The number of rotatable bonds is 10. The van der Waals surface area contributed by atoms with Gasteiger partial charge in [-0.1, -0.05) is 19.1 Å². The predicted octanol–water partition coefficient (Wildman–Crippen LogP) is 2.26. The zero-order chi connectivity index (χ0) is 22.1. The molecule has 1 aromatic rings. The Hall–Kier alpha value is -2.13. The summed E-state index contributed by atoms with van der Waals surface area (Å²) >= 11 is 0. The van der Waals surface area contributed by atoms with Crippen molar-refractivity contribution in [3.63, 3.8) is 0 Å². The van der Waals surface area contributed by atoms with Gasteiger partial charge in [0.05, 0.1) is 37.9 Å². The van der Waals surface area contributed by atoms with Gasteiger partial charge < -0.3 is 14.8 Å². The molecule has 1 aliphatic heterocycles. The number of hydrogen-bond acceptors (Lipinski definition) is 6. The van der Waals surface area contributed by atoms with Crippen LogP contribution in [-0.2, 0) is 24.3 Å². The van der Waals surface area contributed by atoms with Crippen LogP contribution in [0.5, 0.6) is 5.75 Å². The molecule has 0 bridgehead atoms. The van der Waals surface area contributed by atoms with E-state index in [0.29, 0.717) is 31.6 Å². The van der Waals surface area contributed by atoms with Gasteiger partial charge in [-0.15, -0.1) is 0 Å². The summed E-state index contributed by atoms with van der Waals surface area (Å²) in [5, 5.41) is 2.93. The van der Waals surface area contributed by atoms with Crippen LogP contribution in [0.15, 0.2) is 24.3 Å². The van der Waals surface area contributed by atoms with Gasteiger partial charge in [-0.25, -0.2) is 12.7 Å². The van der Waals surface area contributed by atoms with Crippen molar-refractivity contribution in [1.29, 1.82) is 0 Å². The van der Waals surface area contributed by atoms with Crippen molar-refractivity contribution in [3.05, 3.63) is 29.8 Å². The SMILES string of the molecule is CCCS(=O)(=O)N1CCCC(C(=O)NC(CC(=O)OCC)c2cccc(OC)c2)C1. The smallest absolute Gasteiger partial charge is 0.308 e. The third kappa shape index (κ3) is 6.70. The largest absolute Gasteiger partial charge is 0.497 e. The molecule has 30 heavy (non-hydrogen) atoms. The number of carbonyl (C=O) groups is 2. The normalized spacial score (nSPS) is 18.4. The highest BCUT2D eigenvalue weighted by Gasteiger charge is 2.33. The molecule has 0 aromatic heterocycles. The highest BCUT2D eigenvalue weighted by Crippen LogP contribution is 2.25. The number of esters is 1. The first-order chi connectivity index (χ1) is 14.3. The van der Waals surface area contributed by atoms with E-state index in [0.717, 1.165) is 5.56 Å². The van der Waals surface area contributed by atoms with Crippen molar-refractivity contribution in [3.8, 4) is 5.75 Å². The van der Waals surface area contributed by atoms with Crippen molar-refractivity contribution >= 4 is 21.9 Å². The summed E-state index contributed by atoms with van der Waals surface area (Å²) in [5.74, 6) is -0.438. The molecule has 0 radical (unpaired) electrons. The lowest BCUT2D eigenvalue weighted by Crippen LogP contribution is -2.46. The number of piperidine rings is 1. The number of nitrogens with one attached hydrogen (secondary N) is 1. The first-order valence-corrected chi connectivity index (χ1v) is 12.0. The van der Waals surface area contributed by atoms with E-state index in [9.17, 15) is 18.0 Å². The van der Waals surface area contributed by atoms with Crippen molar-refractivity contribution < 1.29 is 27.5 Å². The van der Waals surface area contributed by atoms with Crippen LogP contribution in [0, 0.1) is 5.92 Å². The lowest BCUT2D eigenvalue weighted by molar-refractivity contribution is -0.144. The Morgan fingerprint density at radius 2 is 2.07 bits per heavy atom. The summed E-state index contributed by atoms with van der Waals surface area (Å²) in [7, 11) is -1.81. The number of benzene rings is 1. The number of carbonyl (C=O) groups excluding carboxylic acids is 2. The maximum Gasteiger partial charge on any atom is 0.308 e. The van der Waals surface area contributed by atoms with Crippen LogP contribution in [0.2, 0.25) is 0 Å². The number of nitrogens with zero attached hydrogens (tertiary/aromatic N) is 1. The average molecular weight is 441 g/mol. The van der Waals surface area contributed by atoms with Gasteiger partial charge in [0, 0.05) is 13.1 Å². The minimum atomic E-state index is -3.35. The van der Waals surface area contributed by atoms with E-state index in [1.54, 1.807) is 32.2 Å². The molecule has 1 aromatic carbocycles. The Morgan fingerprint density at radius 3 is 2.73 bits per heavy atom. The van der Waals surface area contributed by atoms with Crippen LogP contribution in [-0.4, -0.2) is 57.2 Å². The standard InChI is InChI=1S/C21H32N2O6S/c1-4-12-30(26,27)23-11-7-9-17(15-23)21(25)22-19(14-20(24)29-5-2)16-8-6-10-18(13-16)28-3/h6,8,10,13,17,19H,4-5,7,9,11-12,14-15H2,1-3H3,(H,22,25). The second-order valence-corrected chi connectivity index (χ2v) is 9.45. The molecule has 168 valence electrons. The summed E-state index contributed by atoms with van der Waals surface area (Å²) in [5.41, 5.74) is 0.724. The van der Waals surface area contributed by atoms with Crippen LogP contribution in [0.1, 0.15) is 51.1 Å². The molecule has 1 heterocycles. The minimum Gasteiger partial charge on any atom is -0.497 e. The Bertz CT molecular complexity index is 827. The van der Waals surface area contributed by atoms with E-state index in [4.69, 9.17) is 9.47 Å². The summed E-state index contributed by atoms with van der Waals surface area (Å²) < 4.78 is 36.5. The number of amides is 1. The van der Waals surface area contributed by atoms with E-state index in [1.165, 1.54) is 4.31 Å². The average Bonchev–Trinajstić information content (AvgIpc) is 2.73. The van der Waals surface area contributed by atoms with Gasteiger partial charge in [-0.2, -0.15) is 0 Å². The van der Waals surface area contributed by atoms with Crippen molar-refractivity contribution in [1.82, 2.24) is 9.62 Å². The number of methoxy groups -OCH3 is 1. The Balaban J connectivity index is 2.15. The Morgan fingerprint density at radius 1 is 1.30 bits per heavy atom. The van der Waals surface area contributed by atoms with Gasteiger partial charge in [0.1, 0.15) is 5.75 Å². The van der Waals surface area contributed by atoms with Gasteiger partial charge >= 0.3 is 5.97 Å². The fourth-order valence-electron chi connectivity index (χ4n) is 3.58. The molecule has 1 saturated heterocycles. The van der Waals surface area contributed by atoms with E-state index < -0.39 is 28.0 Å². The predicted molar refractivity (Wildman–Crippen MR) is 114 cm³/mol. The Kier molecular flexibility index (Phi) is 9.10. The van der Waals surface area contributed by atoms with Crippen LogP contribution in [0.4, 0.5) is 0 Å². The second-order valence-electron chi connectivity index (χ2n) is 7.36. The van der Waals surface area contributed by atoms with Gasteiger partial charge in [-0.05, 0) is 43.9 Å². The third-order valence-electron chi connectivity index (χ3n) is 5.10. The molecular formula is C21H32N2O6S. The highest BCUT2D eigenvalue weighted by atomic mass is 32.2. The zero-order valence-corrected chi connectivity index (χ0v) is 18.7. The van der Waals surface area contributed by atoms with Crippen LogP contribution in [0.25, 0.3) is 0 Å². The van der Waals surface area contributed by atoms with E-state index in [-0.39, 0.29) is 31.2 Å². The second kappa shape index (κ2) is 11.3. The first kappa shape index (κ1) is 24.1. The molecule has 1 amide bonds. The lowest BCUT2D eigenvalue weighted by Gasteiger charge is -2.32. The fraction of sp³-hybridized carbons (Fsp3) is 0.619. The van der Waals surface area contributed by atoms with Gasteiger partial charge in [0.2, 0.25) is 15.9 Å². The van der Waals surface area contributed by atoms with Crippen LogP contribution < -0.4 is 10.1 Å². The fourth-order valence-corrected chi connectivity index (χ4v) is 5.17. The zero-order valence-electron chi connectivity index (χ0n) is 17.9. The molecular weight excluding hydrogens is 408 g/mol. The van der Waals surface area contributed by atoms with Gasteiger partial charge in [0.25, 0.3) is 0 Å². The Labute approximate surface area is 179 Å². The summed E-state index contributed by atoms with van der Waals surface area (Å²) in [4.78, 5) is 25.1. The summed E-state index contributed by atoms with van der Waals surface area (Å²) in [6.07, 6.45) is 1.75.